The Kier molecular flexibility index (Phi) is 4.02. The van der Waals surface area contributed by atoms with Crippen LogP contribution < -0.4 is 5.32 Å². The number of rotatable bonds is 4. The molecule has 4 rings (SSSR count). The number of thioether (sulfide) groups is 1. The summed E-state index contributed by atoms with van der Waals surface area (Å²) in [5.74, 6) is 0.0162. The zero-order chi connectivity index (χ0) is 16.5. The molecule has 0 radical (unpaired) electrons. The van der Waals surface area contributed by atoms with Crippen molar-refractivity contribution < 1.29 is 4.79 Å². The molecule has 7 heteroatoms. The van der Waals surface area contributed by atoms with Crippen molar-refractivity contribution in [1.29, 1.82) is 0 Å². The van der Waals surface area contributed by atoms with Crippen molar-refractivity contribution in [3.8, 4) is 0 Å². The van der Waals surface area contributed by atoms with Crippen molar-refractivity contribution in [2.45, 2.75) is 26.3 Å². The fourth-order valence-corrected chi connectivity index (χ4v) is 3.93. The zero-order valence-corrected chi connectivity index (χ0v) is 14.3. The van der Waals surface area contributed by atoms with Crippen LogP contribution in [-0.2, 0) is 11.3 Å². The van der Waals surface area contributed by atoms with Crippen LogP contribution >= 0.6 is 11.8 Å². The Balaban J connectivity index is 1.37. The lowest BCUT2D eigenvalue weighted by Gasteiger charge is -2.25. The zero-order valence-electron chi connectivity index (χ0n) is 13.5. The fourth-order valence-electron chi connectivity index (χ4n) is 2.98. The molecule has 2 aliphatic rings. The summed E-state index contributed by atoms with van der Waals surface area (Å²) < 4.78 is 1.99. The second-order valence-electron chi connectivity index (χ2n) is 6.00. The number of aryl methyl sites for hydroxylation is 1. The molecule has 0 saturated heterocycles. The van der Waals surface area contributed by atoms with Crippen molar-refractivity contribution >= 4 is 28.5 Å². The normalized spacial score (nSPS) is 16.8. The van der Waals surface area contributed by atoms with Gasteiger partial charge in [-0.2, -0.15) is 0 Å². The van der Waals surface area contributed by atoms with Gasteiger partial charge < -0.3 is 14.6 Å². The van der Waals surface area contributed by atoms with Gasteiger partial charge in [0.05, 0.1) is 18.7 Å². The minimum atomic E-state index is 0.0162. The van der Waals surface area contributed by atoms with E-state index in [1.165, 1.54) is 0 Å². The first-order valence-electron chi connectivity index (χ1n) is 8.08. The van der Waals surface area contributed by atoms with Crippen molar-refractivity contribution in [2.24, 2.45) is 4.99 Å². The number of aromatic nitrogens is 2. The first-order chi connectivity index (χ1) is 11.7. The Hall–Kier alpha value is -2.28. The van der Waals surface area contributed by atoms with Gasteiger partial charge in [0, 0.05) is 31.2 Å². The Labute approximate surface area is 144 Å². The summed E-state index contributed by atoms with van der Waals surface area (Å²) in [6.45, 7) is 4.32. The molecule has 0 unspecified atom stereocenters. The van der Waals surface area contributed by atoms with Gasteiger partial charge in [0.25, 0.3) is 0 Å². The molecule has 2 aromatic rings. The lowest BCUT2D eigenvalue weighted by Crippen LogP contribution is -2.32. The SMILES string of the molecule is Cc1cccn2cc(CNC(=O)CC3=CSC4=NCCCN34)nc12. The summed E-state index contributed by atoms with van der Waals surface area (Å²) in [5.41, 5.74) is 3.97. The maximum atomic E-state index is 12.3. The van der Waals surface area contributed by atoms with E-state index in [2.05, 4.69) is 20.2 Å². The first-order valence-corrected chi connectivity index (χ1v) is 8.96. The number of amides is 1. The van der Waals surface area contributed by atoms with Crippen LogP contribution in [0.25, 0.3) is 5.65 Å². The van der Waals surface area contributed by atoms with E-state index in [4.69, 9.17) is 0 Å². The highest BCUT2D eigenvalue weighted by Crippen LogP contribution is 2.30. The first kappa shape index (κ1) is 15.3. The molecule has 0 bridgehead atoms. The topological polar surface area (TPSA) is 62.0 Å². The van der Waals surface area contributed by atoms with Crippen LogP contribution in [0.15, 0.2) is 40.6 Å². The number of carbonyl (C=O) groups excluding carboxylic acids is 1. The van der Waals surface area contributed by atoms with Gasteiger partial charge in [-0.15, -0.1) is 0 Å². The van der Waals surface area contributed by atoms with Gasteiger partial charge in [0.1, 0.15) is 5.65 Å². The van der Waals surface area contributed by atoms with E-state index >= 15 is 0 Å². The van der Waals surface area contributed by atoms with Crippen LogP contribution in [0.4, 0.5) is 0 Å². The highest BCUT2D eigenvalue weighted by Gasteiger charge is 2.26. The number of hydrogen-bond donors (Lipinski definition) is 1. The van der Waals surface area contributed by atoms with Gasteiger partial charge in [-0.1, -0.05) is 17.8 Å². The average Bonchev–Trinajstić information content (AvgIpc) is 3.18. The molecular formula is C17H19N5OS. The molecule has 0 spiro atoms. The maximum Gasteiger partial charge on any atom is 0.226 e. The lowest BCUT2D eigenvalue weighted by atomic mass is 10.2. The molecule has 2 aliphatic heterocycles. The molecule has 124 valence electrons. The molecule has 1 N–H and O–H groups in total. The predicted octanol–water partition coefficient (Wildman–Crippen LogP) is 2.30. The highest BCUT2D eigenvalue weighted by atomic mass is 32.2. The maximum absolute atomic E-state index is 12.3. The second kappa shape index (κ2) is 6.32. The molecule has 0 saturated carbocycles. The number of hydrogen-bond acceptors (Lipinski definition) is 5. The second-order valence-corrected chi connectivity index (χ2v) is 6.84. The van der Waals surface area contributed by atoms with Gasteiger partial charge in [-0.3, -0.25) is 9.79 Å². The fraction of sp³-hybridized carbons (Fsp3) is 0.353. The largest absolute Gasteiger partial charge is 0.350 e. The summed E-state index contributed by atoms with van der Waals surface area (Å²) in [7, 11) is 0. The molecule has 0 atom stereocenters. The van der Waals surface area contributed by atoms with Gasteiger partial charge in [0.15, 0.2) is 5.17 Å². The van der Waals surface area contributed by atoms with Gasteiger partial charge in [0.2, 0.25) is 5.91 Å². The monoisotopic (exact) mass is 341 g/mol. The number of amidine groups is 1. The number of imidazole rings is 1. The van der Waals surface area contributed by atoms with E-state index in [0.29, 0.717) is 13.0 Å². The van der Waals surface area contributed by atoms with Crippen LogP contribution in [0.1, 0.15) is 24.1 Å². The minimum Gasteiger partial charge on any atom is -0.350 e. The molecular weight excluding hydrogens is 322 g/mol. The van der Waals surface area contributed by atoms with Crippen molar-refractivity contribution in [2.75, 3.05) is 13.1 Å². The molecule has 24 heavy (non-hydrogen) atoms. The summed E-state index contributed by atoms with van der Waals surface area (Å²) in [6, 6.07) is 4.03. The van der Waals surface area contributed by atoms with Gasteiger partial charge in [-0.25, -0.2) is 4.98 Å². The van der Waals surface area contributed by atoms with Crippen LogP contribution in [-0.4, -0.2) is 38.4 Å². The number of aliphatic imine (C=N–C) groups is 1. The molecule has 1 amide bonds. The van der Waals surface area contributed by atoms with E-state index in [1.807, 2.05) is 41.3 Å². The van der Waals surface area contributed by atoms with Gasteiger partial charge in [-0.05, 0) is 30.4 Å². The minimum absolute atomic E-state index is 0.0162. The summed E-state index contributed by atoms with van der Waals surface area (Å²) in [5, 5.41) is 6.04. The Morgan fingerprint density at radius 3 is 3.25 bits per heavy atom. The number of nitrogens with one attached hydrogen (secondary N) is 1. The molecule has 0 aliphatic carbocycles. The predicted molar refractivity (Wildman–Crippen MR) is 95.7 cm³/mol. The molecule has 0 aromatic carbocycles. The Bertz CT molecular complexity index is 854. The molecule has 4 heterocycles. The third-order valence-corrected chi connectivity index (χ3v) is 5.15. The number of nitrogens with zero attached hydrogens (tertiary/aromatic N) is 4. The summed E-state index contributed by atoms with van der Waals surface area (Å²) in [6.07, 6.45) is 5.36. The third kappa shape index (κ3) is 2.91. The van der Waals surface area contributed by atoms with Crippen molar-refractivity contribution in [3.05, 3.63) is 46.9 Å². The highest BCUT2D eigenvalue weighted by molar-refractivity contribution is 8.16. The van der Waals surface area contributed by atoms with Gasteiger partial charge >= 0.3 is 0 Å². The van der Waals surface area contributed by atoms with E-state index in [0.717, 1.165) is 47.3 Å². The molecule has 6 nitrogen and oxygen atoms in total. The quantitative estimate of drug-likeness (QED) is 0.927. The van der Waals surface area contributed by atoms with Crippen molar-refractivity contribution in [1.82, 2.24) is 19.6 Å². The van der Waals surface area contributed by atoms with Crippen molar-refractivity contribution in [3.63, 3.8) is 0 Å². The molecule has 0 fully saturated rings. The van der Waals surface area contributed by atoms with E-state index in [-0.39, 0.29) is 5.91 Å². The Morgan fingerprint density at radius 2 is 2.38 bits per heavy atom. The smallest absolute Gasteiger partial charge is 0.226 e. The molecule has 2 aromatic heterocycles. The van der Waals surface area contributed by atoms with Crippen LogP contribution in [0.2, 0.25) is 0 Å². The number of fused-ring (bicyclic) bond motifs is 2. The lowest BCUT2D eigenvalue weighted by molar-refractivity contribution is -0.120. The van der Waals surface area contributed by atoms with Crippen LogP contribution in [0.5, 0.6) is 0 Å². The number of carbonyl (C=O) groups is 1. The summed E-state index contributed by atoms with van der Waals surface area (Å²) >= 11 is 1.61. The van der Waals surface area contributed by atoms with Crippen LogP contribution in [0.3, 0.4) is 0 Å². The standard InChI is InChI=1S/C17H19N5OS/c1-12-4-2-6-21-10-13(20-16(12)21)9-19-15(23)8-14-11-24-17-18-5-3-7-22(14)17/h2,4,6,10-11H,3,5,7-9H2,1H3,(H,19,23). The van der Waals surface area contributed by atoms with E-state index in [1.54, 1.807) is 11.8 Å². The summed E-state index contributed by atoms with van der Waals surface area (Å²) in [4.78, 5) is 23.5. The van der Waals surface area contributed by atoms with E-state index in [9.17, 15) is 4.79 Å². The average molecular weight is 341 g/mol. The Morgan fingerprint density at radius 1 is 1.46 bits per heavy atom. The van der Waals surface area contributed by atoms with Crippen LogP contribution in [0, 0.1) is 6.92 Å². The number of pyridine rings is 1. The third-order valence-electron chi connectivity index (χ3n) is 4.20. The van der Waals surface area contributed by atoms with E-state index < -0.39 is 0 Å².